The Bertz CT molecular complexity index is 1110. The third kappa shape index (κ3) is 5.93. The molecule has 1 aromatic heterocycles. The Morgan fingerprint density at radius 3 is 2.71 bits per heavy atom. The van der Waals surface area contributed by atoms with E-state index in [4.69, 9.17) is 14.2 Å². The van der Waals surface area contributed by atoms with E-state index >= 15 is 0 Å². The van der Waals surface area contributed by atoms with Crippen molar-refractivity contribution in [2.75, 3.05) is 33.4 Å². The molecule has 8 heteroatoms. The molecule has 2 aromatic carbocycles. The molecule has 1 aliphatic heterocycles. The first-order chi connectivity index (χ1) is 16.4. The van der Waals surface area contributed by atoms with Gasteiger partial charge in [-0.3, -0.25) is 4.90 Å². The molecule has 0 bridgehead atoms. The normalized spacial score (nSPS) is 17.2. The monoisotopic (exact) mass is 481 g/mol. The molecule has 7 nitrogen and oxygen atoms in total. The van der Waals surface area contributed by atoms with Crippen LogP contribution < -0.4 is 0 Å². The number of nitrogens with zero attached hydrogens (tertiary/aromatic N) is 3. The lowest BCUT2D eigenvalue weighted by Gasteiger charge is -2.33. The van der Waals surface area contributed by atoms with Gasteiger partial charge in [0.2, 0.25) is 0 Å². The lowest BCUT2D eigenvalue weighted by molar-refractivity contribution is -0.0324. The van der Waals surface area contributed by atoms with Crippen LogP contribution in [0.25, 0.3) is 11.0 Å². The molecular formula is C26H35N3O4Si. The van der Waals surface area contributed by atoms with Crippen molar-refractivity contribution in [3.05, 3.63) is 65.5 Å². The van der Waals surface area contributed by atoms with Crippen LogP contribution in [0.15, 0.2) is 48.8 Å². The highest BCUT2D eigenvalue weighted by Gasteiger charge is 2.27. The van der Waals surface area contributed by atoms with Crippen LogP contribution >= 0.6 is 0 Å². The Kier molecular flexibility index (Phi) is 7.83. The van der Waals surface area contributed by atoms with E-state index < -0.39 is 14.0 Å². The highest BCUT2D eigenvalue weighted by Crippen LogP contribution is 2.32. The Morgan fingerprint density at radius 1 is 1.18 bits per heavy atom. The summed E-state index contributed by atoms with van der Waals surface area (Å²) in [6.07, 6.45) is 1.63. The van der Waals surface area contributed by atoms with Gasteiger partial charge in [0.05, 0.1) is 37.2 Å². The first kappa shape index (κ1) is 24.6. The predicted molar refractivity (Wildman–Crippen MR) is 136 cm³/mol. The summed E-state index contributed by atoms with van der Waals surface area (Å²) in [6.45, 7) is 11.3. The van der Waals surface area contributed by atoms with Gasteiger partial charge < -0.3 is 18.8 Å². The molecule has 2 heterocycles. The highest BCUT2D eigenvalue weighted by atomic mass is 28.3. The van der Waals surface area contributed by atoms with E-state index in [1.807, 2.05) is 16.7 Å². The van der Waals surface area contributed by atoms with Gasteiger partial charge in [-0.05, 0) is 17.7 Å². The number of rotatable bonds is 9. The van der Waals surface area contributed by atoms with E-state index in [0.717, 1.165) is 36.8 Å². The number of hydrogen-bond acceptors (Lipinski definition) is 6. The van der Waals surface area contributed by atoms with Crippen LogP contribution in [0.2, 0.25) is 25.7 Å². The number of ether oxygens (including phenoxy) is 3. The maximum Gasteiger partial charge on any atom is 0.340 e. The number of fused-ring (bicyclic) bond motifs is 1. The quantitative estimate of drug-likeness (QED) is 0.251. The lowest BCUT2D eigenvalue weighted by Crippen LogP contribution is -2.38. The van der Waals surface area contributed by atoms with Crippen LogP contribution in [0.5, 0.6) is 0 Å². The van der Waals surface area contributed by atoms with E-state index in [1.165, 1.54) is 12.7 Å². The number of hydrogen-bond donors (Lipinski definition) is 0. The van der Waals surface area contributed by atoms with Crippen LogP contribution in [0.1, 0.15) is 27.6 Å². The van der Waals surface area contributed by atoms with Gasteiger partial charge in [0.15, 0.2) is 0 Å². The molecule has 0 N–H and O–H groups in total. The van der Waals surface area contributed by atoms with Gasteiger partial charge in [-0.25, -0.2) is 9.78 Å². The van der Waals surface area contributed by atoms with Crippen molar-refractivity contribution in [2.24, 2.45) is 0 Å². The molecule has 1 fully saturated rings. The molecular weight excluding hydrogens is 446 g/mol. The molecule has 3 aromatic rings. The molecule has 34 heavy (non-hydrogen) atoms. The Balaban J connectivity index is 1.60. The van der Waals surface area contributed by atoms with Gasteiger partial charge in [0.1, 0.15) is 12.2 Å². The number of esters is 1. The topological polar surface area (TPSA) is 65.8 Å². The second-order valence-electron chi connectivity index (χ2n) is 10.0. The summed E-state index contributed by atoms with van der Waals surface area (Å²) in [5.41, 5.74) is 4.27. The van der Waals surface area contributed by atoms with E-state index in [9.17, 15) is 4.79 Å². The fourth-order valence-corrected chi connectivity index (χ4v) is 5.02. The Hall–Kier alpha value is -2.52. The minimum absolute atomic E-state index is 0.121. The van der Waals surface area contributed by atoms with Crippen molar-refractivity contribution in [3.63, 3.8) is 0 Å². The van der Waals surface area contributed by atoms with Crippen molar-refractivity contribution < 1.29 is 19.0 Å². The Labute approximate surface area is 202 Å². The number of carbonyl (C=O) groups excluding carboxylic acids is 1. The molecule has 1 saturated heterocycles. The third-order valence-electron chi connectivity index (χ3n) is 6.17. The van der Waals surface area contributed by atoms with Crippen LogP contribution in [0.3, 0.4) is 0 Å². The van der Waals surface area contributed by atoms with Gasteiger partial charge in [0.25, 0.3) is 0 Å². The van der Waals surface area contributed by atoms with Gasteiger partial charge in [0, 0.05) is 39.9 Å². The summed E-state index contributed by atoms with van der Waals surface area (Å²) >= 11 is 0. The molecule has 0 amide bonds. The number of carbonyl (C=O) groups is 1. The van der Waals surface area contributed by atoms with Gasteiger partial charge in [-0.15, -0.1) is 0 Å². The second kappa shape index (κ2) is 10.8. The number of methoxy groups -OCH3 is 1. The molecule has 182 valence electrons. The largest absolute Gasteiger partial charge is 0.465 e. The molecule has 1 atom stereocenters. The zero-order chi connectivity index (χ0) is 24.1. The van der Waals surface area contributed by atoms with Crippen LogP contribution in [0.4, 0.5) is 0 Å². The van der Waals surface area contributed by atoms with Gasteiger partial charge >= 0.3 is 5.97 Å². The van der Waals surface area contributed by atoms with Gasteiger partial charge in [-0.2, -0.15) is 0 Å². The fourth-order valence-electron chi connectivity index (χ4n) is 4.26. The standard InChI is InChI=1S/C26H35N3O4Si/c1-31-26(30)22-11-10-21(23-17-28(12-13-33-23)16-20-8-6-5-7-9-20)25-24(22)27-18-29(25)19-32-14-15-34(2,3)4/h5-11,18,23H,12-17,19H2,1-4H3. The number of morpholine rings is 1. The lowest BCUT2D eigenvalue weighted by atomic mass is 10.0. The fraction of sp³-hybridized carbons (Fsp3) is 0.462. The van der Waals surface area contributed by atoms with Crippen molar-refractivity contribution in [2.45, 2.75) is 45.1 Å². The van der Waals surface area contributed by atoms with Gasteiger partial charge in [-0.1, -0.05) is 56.0 Å². The van der Waals surface area contributed by atoms with Crippen molar-refractivity contribution in [1.82, 2.24) is 14.5 Å². The van der Waals surface area contributed by atoms with E-state index in [2.05, 4.69) is 53.8 Å². The highest BCUT2D eigenvalue weighted by molar-refractivity contribution is 6.76. The first-order valence-electron chi connectivity index (χ1n) is 11.9. The molecule has 1 aliphatic rings. The summed E-state index contributed by atoms with van der Waals surface area (Å²) in [5.74, 6) is -0.392. The summed E-state index contributed by atoms with van der Waals surface area (Å²) in [7, 11) is 0.217. The summed E-state index contributed by atoms with van der Waals surface area (Å²) in [6, 6.07) is 15.4. The molecule has 0 saturated carbocycles. The van der Waals surface area contributed by atoms with Crippen LogP contribution in [0, 0.1) is 0 Å². The smallest absolute Gasteiger partial charge is 0.340 e. The molecule has 0 aliphatic carbocycles. The SMILES string of the molecule is COC(=O)c1ccc(C2CN(Cc3ccccc3)CCO2)c2c1ncn2COCC[Si](C)(C)C. The zero-order valence-electron chi connectivity index (χ0n) is 20.6. The maximum absolute atomic E-state index is 12.4. The van der Waals surface area contributed by atoms with Crippen molar-refractivity contribution >= 4 is 25.1 Å². The average molecular weight is 482 g/mol. The average Bonchev–Trinajstić information content (AvgIpc) is 3.25. The predicted octanol–water partition coefficient (Wildman–Crippen LogP) is 4.71. The number of benzene rings is 2. The number of aromatic nitrogens is 2. The van der Waals surface area contributed by atoms with Crippen molar-refractivity contribution in [1.29, 1.82) is 0 Å². The minimum Gasteiger partial charge on any atom is -0.465 e. The molecule has 0 radical (unpaired) electrons. The maximum atomic E-state index is 12.4. The molecule has 0 spiro atoms. The minimum atomic E-state index is -1.18. The first-order valence-corrected chi connectivity index (χ1v) is 15.6. The van der Waals surface area contributed by atoms with Crippen molar-refractivity contribution in [3.8, 4) is 0 Å². The van der Waals surface area contributed by atoms with E-state index in [1.54, 1.807) is 12.4 Å². The summed E-state index contributed by atoms with van der Waals surface area (Å²) in [5, 5.41) is 0. The summed E-state index contributed by atoms with van der Waals surface area (Å²) in [4.78, 5) is 19.4. The van der Waals surface area contributed by atoms with Crippen LogP contribution in [-0.2, 0) is 27.5 Å². The third-order valence-corrected chi connectivity index (χ3v) is 7.88. The van der Waals surface area contributed by atoms with E-state index in [-0.39, 0.29) is 6.10 Å². The number of imidazole rings is 1. The Morgan fingerprint density at radius 2 is 1.97 bits per heavy atom. The molecule has 4 rings (SSSR count). The van der Waals surface area contributed by atoms with Crippen LogP contribution in [-0.4, -0.2) is 61.9 Å². The summed E-state index contributed by atoms with van der Waals surface area (Å²) < 4.78 is 19.2. The second-order valence-corrected chi connectivity index (χ2v) is 15.7. The van der Waals surface area contributed by atoms with E-state index in [0.29, 0.717) is 31.0 Å². The molecule has 1 unspecified atom stereocenters. The zero-order valence-corrected chi connectivity index (χ0v) is 21.6.